The lowest BCUT2D eigenvalue weighted by molar-refractivity contribution is 0.181. The Labute approximate surface area is 82.3 Å². The van der Waals surface area contributed by atoms with E-state index in [4.69, 9.17) is 22.1 Å². The number of nitrogens with zero attached hydrogens (tertiary/aromatic N) is 1. The van der Waals surface area contributed by atoms with Crippen molar-refractivity contribution in [2.45, 2.75) is 6.61 Å². The molecule has 0 amide bonds. The van der Waals surface area contributed by atoms with Gasteiger partial charge in [0.1, 0.15) is 5.82 Å². The molecule has 0 fully saturated rings. The molecule has 3 nitrogen and oxygen atoms in total. The van der Waals surface area contributed by atoms with E-state index in [1.54, 1.807) is 19.2 Å². The van der Waals surface area contributed by atoms with Crippen LogP contribution in [0.25, 0.3) is 0 Å². The van der Waals surface area contributed by atoms with Gasteiger partial charge in [-0.2, -0.15) is 0 Å². The molecule has 1 rings (SSSR count). The van der Waals surface area contributed by atoms with E-state index in [1.165, 1.54) is 0 Å². The molecule has 1 aromatic rings. The van der Waals surface area contributed by atoms with Crippen LogP contribution < -0.4 is 5.73 Å². The molecule has 0 aromatic carbocycles. The van der Waals surface area contributed by atoms with Gasteiger partial charge in [0, 0.05) is 7.11 Å². The molecule has 0 radical (unpaired) electrons. The van der Waals surface area contributed by atoms with Crippen LogP contribution in [0.4, 0.5) is 5.82 Å². The quantitative estimate of drug-likeness (QED) is 0.808. The van der Waals surface area contributed by atoms with Crippen molar-refractivity contribution in [1.82, 2.24) is 4.98 Å². The van der Waals surface area contributed by atoms with Gasteiger partial charge in [0.2, 0.25) is 0 Å². The Balaban J connectivity index is 0.00000121. The number of rotatable bonds is 2. The molecular formula is C7H10Cl2N2O. The highest BCUT2D eigenvalue weighted by molar-refractivity contribution is 6.31. The number of ether oxygens (including phenoxy) is 1. The van der Waals surface area contributed by atoms with Gasteiger partial charge in [0.15, 0.2) is 0 Å². The lowest BCUT2D eigenvalue weighted by Crippen LogP contribution is -1.97. The van der Waals surface area contributed by atoms with Crippen molar-refractivity contribution in [2.24, 2.45) is 0 Å². The van der Waals surface area contributed by atoms with E-state index in [0.717, 1.165) is 0 Å². The molecule has 0 aliphatic heterocycles. The van der Waals surface area contributed by atoms with Crippen LogP contribution in [0, 0.1) is 0 Å². The SMILES string of the molecule is COCc1nc(N)ccc1Cl.Cl. The molecule has 0 atom stereocenters. The molecule has 1 heterocycles. The lowest BCUT2D eigenvalue weighted by Gasteiger charge is -2.01. The van der Waals surface area contributed by atoms with Crippen molar-refractivity contribution in [1.29, 1.82) is 0 Å². The van der Waals surface area contributed by atoms with Gasteiger partial charge < -0.3 is 10.5 Å². The molecule has 0 saturated heterocycles. The maximum absolute atomic E-state index is 5.78. The standard InChI is InChI=1S/C7H9ClN2O.ClH/c1-11-4-6-5(8)2-3-7(9)10-6;/h2-3H,4H2,1H3,(H2,9,10);1H. The maximum atomic E-state index is 5.78. The number of pyridine rings is 1. The molecule has 0 saturated carbocycles. The van der Waals surface area contributed by atoms with Crippen LogP contribution >= 0.6 is 24.0 Å². The zero-order valence-corrected chi connectivity index (χ0v) is 8.15. The summed E-state index contributed by atoms with van der Waals surface area (Å²) in [5.74, 6) is 0.460. The number of nitrogen functional groups attached to an aromatic ring is 1. The Kier molecular flexibility index (Phi) is 4.97. The number of hydrogen-bond acceptors (Lipinski definition) is 3. The van der Waals surface area contributed by atoms with Crippen LogP contribution in [0.15, 0.2) is 12.1 Å². The molecular weight excluding hydrogens is 199 g/mol. The van der Waals surface area contributed by atoms with E-state index in [9.17, 15) is 0 Å². The number of halogens is 2. The molecule has 2 N–H and O–H groups in total. The maximum Gasteiger partial charge on any atom is 0.123 e. The third-order valence-corrected chi connectivity index (χ3v) is 1.57. The Morgan fingerprint density at radius 3 is 2.83 bits per heavy atom. The van der Waals surface area contributed by atoms with Crippen LogP contribution in [-0.4, -0.2) is 12.1 Å². The predicted octanol–water partition coefficient (Wildman–Crippen LogP) is 1.89. The number of hydrogen-bond donors (Lipinski definition) is 1. The highest BCUT2D eigenvalue weighted by Gasteiger charge is 2.00. The first-order valence-corrected chi connectivity index (χ1v) is 3.51. The molecule has 0 bridgehead atoms. The topological polar surface area (TPSA) is 48.1 Å². The third-order valence-electron chi connectivity index (χ3n) is 1.22. The molecule has 0 unspecified atom stereocenters. The molecule has 0 aliphatic carbocycles. The highest BCUT2D eigenvalue weighted by atomic mass is 35.5. The Morgan fingerprint density at radius 2 is 2.25 bits per heavy atom. The van der Waals surface area contributed by atoms with Gasteiger partial charge in [-0.1, -0.05) is 11.6 Å². The van der Waals surface area contributed by atoms with Crippen molar-refractivity contribution in [3.8, 4) is 0 Å². The van der Waals surface area contributed by atoms with Crippen LogP contribution in [0.2, 0.25) is 5.02 Å². The second-order valence-corrected chi connectivity index (χ2v) is 2.50. The zero-order valence-electron chi connectivity index (χ0n) is 6.58. The van der Waals surface area contributed by atoms with Crippen molar-refractivity contribution < 1.29 is 4.74 Å². The molecule has 1 aromatic heterocycles. The average molecular weight is 209 g/mol. The van der Waals surface area contributed by atoms with Gasteiger partial charge in [-0.3, -0.25) is 0 Å². The van der Waals surface area contributed by atoms with Gasteiger partial charge in [-0.25, -0.2) is 4.98 Å². The normalized spacial score (nSPS) is 9.17. The van der Waals surface area contributed by atoms with Gasteiger partial charge >= 0.3 is 0 Å². The van der Waals surface area contributed by atoms with Crippen molar-refractivity contribution in [2.75, 3.05) is 12.8 Å². The van der Waals surface area contributed by atoms with E-state index in [1.807, 2.05) is 0 Å². The summed E-state index contributed by atoms with van der Waals surface area (Å²) in [6.07, 6.45) is 0. The molecule has 0 aliphatic rings. The average Bonchev–Trinajstić information content (AvgIpc) is 1.98. The first kappa shape index (κ1) is 11.5. The van der Waals surface area contributed by atoms with Gasteiger partial charge in [-0.05, 0) is 12.1 Å². The monoisotopic (exact) mass is 208 g/mol. The first-order chi connectivity index (χ1) is 5.24. The summed E-state index contributed by atoms with van der Waals surface area (Å²) < 4.78 is 4.86. The first-order valence-electron chi connectivity index (χ1n) is 3.14. The van der Waals surface area contributed by atoms with Crippen LogP contribution in [-0.2, 0) is 11.3 Å². The number of anilines is 1. The van der Waals surface area contributed by atoms with Crippen LogP contribution in [0.1, 0.15) is 5.69 Å². The lowest BCUT2D eigenvalue weighted by atomic mass is 10.3. The van der Waals surface area contributed by atoms with Gasteiger partial charge in [0.05, 0.1) is 17.3 Å². The van der Waals surface area contributed by atoms with Gasteiger partial charge in [-0.15, -0.1) is 12.4 Å². The fourth-order valence-corrected chi connectivity index (χ4v) is 0.899. The Morgan fingerprint density at radius 1 is 1.58 bits per heavy atom. The van der Waals surface area contributed by atoms with Crippen LogP contribution in [0.3, 0.4) is 0 Å². The summed E-state index contributed by atoms with van der Waals surface area (Å²) >= 11 is 5.78. The van der Waals surface area contributed by atoms with E-state index >= 15 is 0 Å². The summed E-state index contributed by atoms with van der Waals surface area (Å²) in [5.41, 5.74) is 6.11. The molecule has 12 heavy (non-hydrogen) atoms. The second-order valence-electron chi connectivity index (χ2n) is 2.10. The smallest absolute Gasteiger partial charge is 0.123 e. The number of nitrogens with two attached hydrogens (primary N) is 1. The van der Waals surface area contributed by atoms with E-state index in [-0.39, 0.29) is 12.4 Å². The van der Waals surface area contributed by atoms with E-state index in [2.05, 4.69) is 4.98 Å². The summed E-state index contributed by atoms with van der Waals surface area (Å²) in [6, 6.07) is 3.36. The number of methoxy groups -OCH3 is 1. The summed E-state index contributed by atoms with van der Waals surface area (Å²) in [4.78, 5) is 3.98. The van der Waals surface area contributed by atoms with Crippen molar-refractivity contribution in [3.05, 3.63) is 22.8 Å². The van der Waals surface area contributed by atoms with Crippen molar-refractivity contribution >= 4 is 29.8 Å². The predicted molar refractivity (Wildman–Crippen MR) is 51.6 cm³/mol. The third kappa shape index (κ3) is 2.85. The van der Waals surface area contributed by atoms with Crippen molar-refractivity contribution in [3.63, 3.8) is 0 Å². The largest absolute Gasteiger partial charge is 0.384 e. The van der Waals surface area contributed by atoms with Crippen LogP contribution in [0.5, 0.6) is 0 Å². The minimum absolute atomic E-state index is 0. The summed E-state index contributed by atoms with van der Waals surface area (Å²) in [7, 11) is 1.58. The fraction of sp³-hybridized carbons (Fsp3) is 0.286. The molecule has 68 valence electrons. The minimum Gasteiger partial charge on any atom is -0.384 e. The number of aromatic nitrogens is 1. The fourth-order valence-electron chi connectivity index (χ4n) is 0.739. The van der Waals surface area contributed by atoms with E-state index in [0.29, 0.717) is 23.1 Å². The second kappa shape index (κ2) is 5.19. The van der Waals surface area contributed by atoms with E-state index < -0.39 is 0 Å². The summed E-state index contributed by atoms with van der Waals surface area (Å²) in [6.45, 7) is 0.393. The highest BCUT2D eigenvalue weighted by Crippen LogP contribution is 2.15. The molecule has 0 spiro atoms. The Hall–Kier alpha value is -0.510. The zero-order chi connectivity index (χ0) is 8.27. The Bertz CT molecular complexity index is 255. The summed E-state index contributed by atoms with van der Waals surface area (Å²) in [5, 5.41) is 0.584. The minimum atomic E-state index is 0. The molecule has 5 heteroatoms. The van der Waals surface area contributed by atoms with Gasteiger partial charge in [0.25, 0.3) is 0 Å².